The van der Waals surface area contributed by atoms with Crippen LogP contribution in [-0.2, 0) is 6.54 Å². The average molecular weight is 369 g/mol. The summed E-state index contributed by atoms with van der Waals surface area (Å²) >= 11 is 0. The number of ether oxygens (including phenoxy) is 1. The second kappa shape index (κ2) is 9.88. The van der Waals surface area contributed by atoms with Crippen LogP contribution in [0.3, 0.4) is 0 Å². The lowest BCUT2D eigenvalue weighted by atomic mass is 10.0. The zero-order chi connectivity index (χ0) is 19.1. The lowest BCUT2D eigenvalue weighted by molar-refractivity contribution is 0.103. The Morgan fingerprint density at radius 1 is 1.11 bits per heavy atom. The van der Waals surface area contributed by atoms with Crippen LogP contribution in [-0.4, -0.2) is 48.4 Å². The first-order chi connectivity index (χ1) is 13.1. The van der Waals surface area contributed by atoms with Crippen molar-refractivity contribution in [2.45, 2.75) is 44.9 Å². The third-order valence-corrected chi connectivity index (χ3v) is 5.14. The highest BCUT2D eigenvalue weighted by atomic mass is 16.5. The summed E-state index contributed by atoms with van der Waals surface area (Å²) in [6, 6.07) is 19.1. The van der Waals surface area contributed by atoms with E-state index in [1.54, 1.807) is 0 Å². The summed E-state index contributed by atoms with van der Waals surface area (Å²) in [7, 11) is 0. The van der Waals surface area contributed by atoms with Crippen molar-refractivity contribution >= 4 is 0 Å². The average Bonchev–Trinajstić information content (AvgIpc) is 3.13. The van der Waals surface area contributed by atoms with Gasteiger partial charge in [0.1, 0.15) is 18.5 Å². The molecule has 2 atom stereocenters. The maximum absolute atomic E-state index is 10.3. The second-order valence-electron chi connectivity index (χ2n) is 7.77. The molecule has 0 spiro atoms. The van der Waals surface area contributed by atoms with Crippen molar-refractivity contribution in [2.75, 3.05) is 26.2 Å². The molecular formula is C23H32N2O2. The molecule has 2 aromatic rings. The van der Waals surface area contributed by atoms with Crippen molar-refractivity contribution in [2.24, 2.45) is 0 Å². The molecule has 0 bridgehead atoms. The zero-order valence-corrected chi connectivity index (χ0v) is 16.5. The quantitative estimate of drug-likeness (QED) is 0.712. The van der Waals surface area contributed by atoms with Gasteiger partial charge in [-0.1, -0.05) is 62.4 Å². The van der Waals surface area contributed by atoms with E-state index in [1.807, 2.05) is 18.2 Å². The Labute approximate surface area is 163 Å². The Morgan fingerprint density at radius 2 is 1.85 bits per heavy atom. The predicted octanol–water partition coefficient (Wildman–Crippen LogP) is 3.41. The van der Waals surface area contributed by atoms with Crippen LogP contribution >= 0.6 is 0 Å². The fourth-order valence-electron chi connectivity index (χ4n) is 3.62. The molecule has 4 nitrogen and oxygen atoms in total. The number of para-hydroxylation sites is 1. The summed E-state index contributed by atoms with van der Waals surface area (Å²) in [6.07, 6.45) is 0.616. The van der Waals surface area contributed by atoms with Crippen LogP contribution in [0.2, 0.25) is 0 Å². The number of hydrogen-bond donors (Lipinski definition) is 2. The number of hydrogen-bond acceptors (Lipinski definition) is 4. The predicted molar refractivity (Wildman–Crippen MR) is 110 cm³/mol. The van der Waals surface area contributed by atoms with Crippen molar-refractivity contribution in [1.82, 2.24) is 10.2 Å². The number of nitrogens with one attached hydrogen (secondary N) is 1. The summed E-state index contributed by atoms with van der Waals surface area (Å²) in [4.78, 5) is 2.47. The fraction of sp³-hybridized carbons (Fsp3) is 0.478. The van der Waals surface area contributed by atoms with Gasteiger partial charge in [-0.2, -0.15) is 0 Å². The maximum Gasteiger partial charge on any atom is 0.122 e. The van der Waals surface area contributed by atoms with E-state index in [-0.39, 0.29) is 0 Å². The summed E-state index contributed by atoms with van der Waals surface area (Å²) in [5, 5.41) is 13.8. The van der Waals surface area contributed by atoms with Crippen LogP contribution in [0.5, 0.6) is 5.75 Å². The number of nitrogens with zero attached hydrogens (tertiary/aromatic N) is 1. The number of rotatable bonds is 9. The van der Waals surface area contributed by atoms with E-state index < -0.39 is 6.10 Å². The van der Waals surface area contributed by atoms with Crippen molar-refractivity contribution < 1.29 is 9.84 Å². The highest BCUT2D eigenvalue weighted by molar-refractivity contribution is 5.35. The Kier molecular flexibility index (Phi) is 7.27. The molecule has 4 heteroatoms. The van der Waals surface area contributed by atoms with Crippen LogP contribution in [0, 0.1) is 0 Å². The lowest BCUT2D eigenvalue weighted by Crippen LogP contribution is -2.39. The molecule has 2 aromatic carbocycles. The molecular weight excluding hydrogens is 336 g/mol. The normalized spacial score (nSPS) is 18.7. The molecule has 1 heterocycles. The van der Waals surface area contributed by atoms with E-state index in [0.29, 0.717) is 25.1 Å². The van der Waals surface area contributed by atoms with Gasteiger partial charge in [-0.15, -0.1) is 0 Å². The van der Waals surface area contributed by atoms with Gasteiger partial charge in [-0.25, -0.2) is 0 Å². The largest absolute Gasteiger partial charge is 0.491 e. The van der Waals surface area contributed by atoms with E-state index in [1.165, 1.54) is 11.1 Å². The van der Waals surface area contributed by atoms with Gasteiger partial charge in [0.25, 0.3) is 0 Å². The fourth-order valence-corrected chi connectivity index (χ4v) is 3.62. The van der Waals surface area contributed by atoms with Crippen molar-refractivity contribution in [3.8, 4) is 5.75 Å². The van der Waals surface area contributed by atoms with Gasteiger partial charge in [-0.05, 0) is 29.5 Å². The molecule has 0 radical (unpaired) electrons. The van der Waals surface area contributed by atoms with E-state index in [0.717, 1.165) is 31.8 Å². The first kappa shape index (κ1) is 19.9. The van der Waals surface area contributed by atoms with Crippen molar-refractivity contribution in [3.05, 3.63) is 65.7 Å². The monoisotopic (exact) mass is 368 g/mol. The molecule has 0 aliphatic carbocycles. The molecule has 2 N–H and O–H groups in total. The molecule has 1 saturated heterocycles. The smallest absolute Gasteiger partial charge is 0.122 e. The molecule has 146 valence electrons. The molecule has 1 aliphatic rings. The number of aliphatic hydroxyl groups excluding tert-OH is 1. The topological polar surface area (TPSA) is 44.7 Å². The molecule has 0 saturated carbocycles. The Morgan fingerprint density at radius 3 is 2.63 bits per heavy atom. The SMILES string of the molecule is CC(C)c1ccccc1OCC(O)CNC1CCN(Cc2ccccc2)C1. The molecule has 1 aliphatic heterocycles. The summed E-state index contributed by atoms with van der Waals surface area (Å²) in [5.74, 6) is 1.28. The Bertz CT molecular complexity index is 690. The third-order valence-electron chi connectivity index (χ3n) is 5.14. The van der Waals surface area contributed by atoms with E-state index in [2.05, 4.69) is 60.5 Å². The van der Waals surface area contributed by atoms with Crippen molar-refractivity contribution in [1.29, 1.82) is 0 Å². The Hall–Kier alpha value is -1.88. The molecule has 0 amide bonds. The van der Waals surface area contributed by atoms with Gasteiger partial charge in [0.05, 0.1) is 0 Å². The van der Waals surface area contributed by atoms with Crippen LogP contribution < -0.4 is 10.1 Å². The summed E-state index contributed by atoms with van der Waals surface area (Å²) in [5.41, 5.74) is 2.54. The minimum Gasteiger partial charge on any atom is -0.491 e. The van der Waals surface area contributed by atoms with Crippen molar-refractivity contribution in [3.63, 3.8) is 0 Å². The molecule has 3 rings (SSSR count). The van der Waals surface area contributed by atoms with Crippen LogP contribution in [0.4, 0.5) is 0 Å². The van der Waals surface area contributed by atoms with E-state index in [9.17, 15) is 5.11 Å². The number of benzene rings is 2. The van der Waals surface area contributed by atoms with Crippen LogP contribution in [0.15, 0.2) is 54.6 Å². The first-order valence-corrected chi connectivity index (χ1v) is 10.0. The molecule has 0 aromatic heterocycles. The maximum atomic E-state index is 10.3. The van der Waals surface area contributed by atoms with Gasteiger partial charge in [0.2, 0.25) is 0 Å². The Balaban J connectivity index is 1.38. The number of likely N-dealkylation sites (tertiary alicyclic amines) is 1. The van der Waals surface area contributed by atoms with Gasteiger partial charge in [0.15, 0.2) is 0 Å². The highest BCUT2D eigenvalue weighted by Crippen LogP contribution is 2.25. The standard InChI is InChI=1S/C23H32N2O2/c1-18(2)22-10-6-7-11-23(22)27-17-21(26)14-24-20-12-13-25(16-20)15-19-8-4-3-5-9-19/h3-11,18,20-21,24,26H,12-17H2,1-2H3. The first-order valence-electron chi connectivity index (χ1n) is 10.0. The minimum absolute atomic E-state index is 0.317. The van der Waals surface area contributed by atoms with Crippen LogP contribution in [0.1, 0.15) is 37.3 Å². The minimum atomic E-state index is -0.506. The molecule has 2 unspecified atom stereocenters. The van der Waals surface area contributed by atoms with E-state index >= 15 is 0 Å². The van der Waals surface area contributed by atoms with Gasteiger partial charge in [-0.3, -0.25) is 4.90 Å². The summed E-state index contributed by atoms with van der Waals surface area (Å²) in [6.45, 7) is 8.31. The van der Waals surface area contributed by atoms with Gasteiger partial charge >= 0.3 is 0 Å². The molecule has 1 fully saturated rings. The molecule has 27 heavy (non-hydrogen) atoms. The van der Waals surface area contributed by atoms with Crippen LogP contribution in [0.25, 0.3) is 0 Å². The lowest BCUT2D eigenvalue weighted by Gasteiger charge is -2.19. The third kappa shape index (κ3) is 6.06. The second-order valence-corrected chi connectivity index (χ2v) is 7.77. The number of aliphatic hydroxyl groups is 1. The summed E-state index contributed by atoms with van der Waals surface area (Å²) < 4.78 is 5.88. The van der Waals surface area contributed by atoms with Gasteiger partial charge in [0, 0.05) is 32.2 Å². The van der Waals surface area contributed by atoms with Gasteiger partial charge < -0.3 is 15.2 Å². The highest BCUT2D eigenvalue weighted by Gasteiger charge is 2.22. The van der Waals surface area contributed by atoms with E-state index in [4.69, 9.17) is 4.74 Å². The zero-order valence-electron chi connectivity index (χ0n) is 16.5.